The summed E-state index contributed by atoms with van der Waals surface area (Å²) in [6, 6.07) is 0.652. The van der Waals surface area contributed by atoms with E-state index in [4.69, 9.17) is 10.0 Å². The van der Waals surface area contributed by atoms with Gasteiger partial charge in [-0.1, -0.05) is 0 Å². The number of benzene rings is 1. The van der Waals surface area contributed by atoms with Gasteiger partial charge >= 0.3 is 7.12 Å². The molecule has 1 atom stereocenters. The van der Waals surface area contributed by atoms with E-state index in [0.717, 1.165) is 30.9 Å². The maximum absolute atomic E-state index is 13.0. The van der Waals surface area contributed by atoms with Crippen LogP contribution < -0.4 is 10.8 Å². The van der Waals surface area contributed by atoms with Crippen LogP contribution in [0.15, 0.2) is 27.8 Å². The number of rotatable bonds is 7. The zero-order valence-electron chi connectivity index (χ0n) is 20.6. The Morgan fingerprint density at radius 1 is 1.21 bits per heavy atom. The third-order valence-electron chi connectivity index (χ3n) is 5.94. The van der Waals surface area contributed by atoms with Gasteiger partial charge in [-0.3, -0.25) is 9.59 Å². The predicted molar refractivity (Wildman–Crippen MR) is 139 cm³/mol. The lowest BCUT2D eigenvalue weighted by Gasteiger charge is -2.15. The number of ketones is 1. The van der Waals surface area contributed by atoms with Crippen LogP contribution in [0.2, 0.25) is 0 Å². The van der Waals surface area contributed by atoms with E-state index in [9.17, 15) is 22.8 Å². The summed E-state index contributed by atoms with van der Waals surface area (Å²) in [6.07, 6.45) is 1.58. The number of carbonyl (C=O) groups is 2. The fraction of sp³-hybridized carbons (Fsp3) is 0.391. The van der Waals surface area contributed by atoms with Crippen molar-refractivity contribution in [1.29, 1.82) is 0 Å². The van der Waals surface area contributed by atoms with Gasteiger partial charge in [-0.05, 0) is 42.0 Å². The third kappa shape index (κ3) is 7.50. The average Bonchev–Trinajstić information content (AvgIpc) is 3.43. The van der Waals surface area contributed by atoms with Crippen LogP contribution in [0.25, 0.3) is 0 Å². The van der Waals surface area contributed by atoms with Crippen molar-refractivity contribution in [3.05, 3.63) is 62.3 Å². The Labute approximate surface area is 230 Å². The van der Waals surface area contributed by atoms with Crippen LogP contribution in [0.3, 0.4) is 0 Å². The largest absolute Gasteiger partial charge is 0.491 e. The van der Waals surface area contributed by atoms with Crippen molar-refractivity contribution in [1.82, 2.24) is 24.8 Å². The Morgan fingerprint density at radius 2 is 1.92 bits per heavy atom. The quantitative estimate of drug-likeness (QED) is 0.211. The minimum Gasteiger partial charge on any atom is -0.423 e. The van der Waals surface area contributed by atoms with E-state index in [1.165, 1.54) is 11.3 Å². The van der Waals surface area contributed by atoms with Crippen molar-refractivity contribution in [2.75, 3.05) is 20.6 Å². The summed E-state index contributed by atoms with van der Waals surface area (Å²) in [5, 5.41) is 21.5. The Hall–Kier alpha value is -2.59. The smallest absolute Gasteiger partial charge is 0.423 e. The number of nitrogens with zero attached hydrogens (tertiary/aromatic N) is 4. The van der Waals surface area contributed by atoms with Gasteiger partial charge in [0.1, 0.15) is 11.5 Å². The maximum atomic E-state index is 13.0. The molecule has 1 aliphatic heterocycles. The number of amides is 1. The molecule has 0 radical (unpaired) electrons. The molecule has 3 aromatic rings. The van der Waals surface area contributed by atoms with Gasteiger partial charge in [-0.15, -0.1) is 11.3 Å². The molecular weight excluding hydrogens is 590 g/mol. The van der Waals surface area contributed by atoms with Gasteiger partial charge in [0.15, 0.2) is 22.2 Å². The van der Waals surface area contributed by atoms with Crippen LogP contribution in [-0.4, -0.2) is 68.9 Å². The predicted octanol–water partition coefficient (Wildman–Crippen LogP) is 1.90. The summed E-state index contributed by atoms with van der Waals surface area (Å²) >= 11 is 4.96. The number of halogens is 4. The zero-order valence-corrected chi connectivity index (χ0v) is 23.0. The second kappa shape index (κ2) is 13.5. The highest BCUT2D eigenvalue weighted by Crippen LogP contribution is 2.25. The summed E-state index contributed by atoms with van der Waals surface area (Å²) in [6.45, 7) is 2.49. The second-order valence-corrected chi connectivity index (χ2v) is 10.1. The number of thiazole rings is 1. The number of fused-ring (bicyclic) bond motifs is 1. The molecule has 0 bridgehead atoms. The molecule has 38 heavy (non-hydrogen) atoms. The van der Waals surface area contributed by atoms with Gasteiger partial charge in [0.05, 0.1) is 22.8 Å². The lowest BCUT2D eigenvalue weighted by Crippen LogP contribution is -2.33. The Balaban J connectivity index is 0.000000279. The summed E-state index contributed by atoms with van der Waals surface area (Å²) < 4.78 is 39.9. The molecule has 204 valence electrons. The van der Waals surface area contributed by atoms with Crippen LogP contribution in [0.1, 0.15) is 34.7 Å². The van der Waals surface area contributed by atoms with E-state index < -0.39 is 36.0 Å². The fourth-order valence-electron chi connectivity index (χ4n) is 4.01. The standard InChI is InChI=1S/C17H22BrN5O2S.C6H4BF3O2/c1-19-16(25)11(6-12-9-26-10-20-12)7-14(24)15-13-8-22(2)4-3-5-23(13)17(18)21-15;8-4-2-6(10)5(9)1-3(4)7(11)12/h9-11H,3-8H2,1-2H3,(H,19,25);1-2,11-12H/t11-;/m1./s1. The third-order valence-corrected chi connectivity index (χ3v) is 7.18. The molecular formula is C23H26BBrF3N5O4S. The molecule has 1 aromatic carbocycles. The Bertz CT molecular complexity index is 1280. The summed E-state index contributed by atoms with van der Waals surface area (Å²) in [5.41, 5.74) is 3.28. The Kier molecular flexibility index (Phi) is 10.6. The molecule has 0 unspecified atom stereocenters. The highest BCUT2D eigenvalue weighted by atomic mass is 79.9. The highest BCUT2D eigenvalue weighted by Gasteiger charge is 2.28. The molecule has 0 saturated carbocycles. The molecule has 1 amide bonds. The minimum absolute atomic E-state index is 0.0985. The normalized spacial score (nSPS) is 14.1. The first kappa shape index (κ1) is 30.0. The van der Waals surface area contributed by atoms with Gasteiger partial charge < -0.3 is 24.8 Å². The molecule has 0 fully saturated rings. The van der Waals surface area contributed by atoms with Crippen molar-refractivity contribution in [3.8, 4) is 0 Å². The monoisotopic (exact) mass is 615 g/mol. The summed E-state index contributed by atoms with van der Waals surface area (Å²) in [7, 11) is 1.50. The lowest BCUT2D eigenvalue weighted by atomic mass is 9.80. The van der Waals surface area contributed by atoms with Crippen LogP contribution in [0.4, 0.5) is 13.2 Å². The first-order chi connectivity index (χ1) is 18.0. The second-order valence-electron chi connectivity index (χ2n) is 8.70. The molecule has 4 rings (SSSR count). The molecule has 2 aromatic heterocycles. The number of hydrogen-bond acceptors (Lipinski definition) is 8. The van der Waals surface area contributed by atoms with Gasteiger partial charge in [0.2, 0.25) is 5.91 Å². The van der Waals surface area contributed by atoms with E-state index in [1.54, 1.807) is 12.6 Å². The van der Waals surface area contributed by atoms with E-state index in [2.05, 4.69) is 40.7 Å². The van der Waals surface area contributed by atoms with Crippen LogP contribution in [0, 0.1) is 23.4 Å². The SMILES string of the molecule is CNC(=O)[C@@H](CC(=O)c1nc(Br)n2c1CN(C)CCC2)Cc1cscn1.OB(O)c1cc(F)c(F)cc1F. The molecule has 0 spiro atoms. The molecule has 9 nitrogen and oxygen atoms in total. The van der Waals surface area contributed by atoms with Crippen LogP contribution in [0.5, 0.6) is 0 Å². The average molecular weight is 616 g/mol. The van der Waals surface area contributed by atoms with Gasteiger partial charge in [-0.2, -0.15) is 0 Å². The van der Waals surface area contributed by atoms with Crippen molar-refractivity contribution in [2.45, 2.75) is 32.4 Å². The molecule has 0 saturated heterocycles. The summed E-state index contributed by atoms with van der Waals surface area (Å²) in [4.78, 5) is 36.2. The van der Waals surface area contributed by atoms with E-state index in [0.29, 0.717) is 29.5 Å². The molecule has 0 aliphatic carbocycles. The van der Waals surface area contributed by atoms with Crippen molar-refractivity contribution < 1.29 is 32.8 Å². The molecule has 1 aliphatic rings. The Morgan fingerprint density at radius 3 is 2.55 bits per heavy atom. The number of aromatic nitrogens is 3. The summed E-state index contributed by atoms with van der Waals surface area (Å²) in [5.74, 6) is -4.57. The van der Waals surface area contributed by atoms with Gasteiger partial charge in [-0.25, -0.2) is 23.1 Å². The van der Waals surface area contributed by atoms with Crippen molar-refractivity contribution in [3.63, 3.8) is 0 Å². The number of hydrogen-bond donors (Lipinski definition) is 3. The number of nitrogens with one attached hydrogen (secondary N) is 1. The van der Waals surface area contributed by atoms with Gasteiger partial charge in [0, 0.05) is 49.9 Å². The topological polar surface area (TPSA) is 121 Å². The fourth-order valence-corrected chi connectivity index (χ4v) is 5.15. The van der Waals surface area contributed by atoms with Gasteiger partial charge in [0.25, 0.3) is 0 Å². The number of imidazole rings is 1. The van der Waals surface area contributed by atoms with E-state index in [1.807, 2.05) is 12.4 Å². The number of Topliss-reactive ketones (excluding diaryl/α,β-unsaturated/α-hetero) is 1. The zero-order chi connectivity index (χ0) is 28.0. The maximum Gasteiger partial charge on any atom is 0.491 e. The highest BCUT2D eigenvalue weighted by molar-refractivity contribution is 9.10. The van der Waals surface area contributed by atoms with Crippen molar-refractivity contribution >= 4 is 51.5 Å². The van der Waals surface area contributed by atoms with E-state index >= 15 is 0 Å². The first-order valence-corrected chi connectivity index (χ1v) is 13.3. The molecule has 3 heterocycles. The van der Waals surface area contributed by atoms with Crippen LogP contribution in [-0.2, 0) is 24.3 Å². The first-order valence-electron chi connectivity index (χ1n) is 11.6. The minimum atomic E-state index is -2.14. The van der Waals surface area contributed by atoms with E-state index in [-0.39, 0.29) is 24.2 Å². The number of carbonyl (C=O) groups excluding carboxylic acids is 2. The molecule has 15 heteroatoms. The van der Waals surface area contributed by atoms with Crippen molar-refractivity contribution in [2.24, 2.45) is 5.92 Å². The van der Waals surface area contributed by atoms with Crippen LogP contribution >= 0.6 is 27.3 Å². The lowest BCUT2D eigenvalue weighted by molar-refractivity contribution is -0.124. The molecule has 3 N–H and O–H groups in total.